The van der Waals surface area contributed by atoms with E-state index in [1.54, 1.807) is 13.0 Å². The molecule has 0 aliphatic rings. The Hall–Kier alpha value is -1.85. The van der Waals surface area contributed by atoms with Crippen LogP contribution in [0.15, 0.2) is 10.6 Å². The second-order valence-electron chi connectivity index (χ2n) is 6.02. The average Bonchev–Trinajstić information content (AvgIpc) is 2.69. The van der Waals surface area contributed by atoms with Gasteiger partial charge in [0.1, 0.15) is 5.76 Å². The Morgan fingerprint density at radius 1 is 1.40 bits per heavy atom. The van der Waals surface area contributed by atoms with Crippen molar-refractivity contribution in [2.45, 2.75) is 41.0 Å². The first kappa shape index (κ1) is 16.2. The number of hydrogen-bond acceptors (Lipinski definition) is 4. The fourth-order valence-corrected chi connectivity index (χ4v) is 1.72. The molecule has 0 aliphatic heterocycles. The van der Waals surface area contributed by atoms with E-state index in [1.165, 1.54) is 4.90 Å². The van der Waals surface area contributed by atoms with Crippen molar-refractivity contribution in [1.29, 1.82) is 0 Å². The molecule has 1 heterocycles. The molecule has 20 heavy (non-hydrogen) atoms. The van der Waals surface area contributed by atoms with Crippen molar-refractivity contribution in [2.24, 2.45) is 5.41 Å². The van der Waals surface area contributed by atoms with Crippen LogP contribution in [0.25, 0.3) is 0 Å². The summed E-state index contributed by atoms with van der Waals surface area (Å²) < 4.78 is 4.86. The van der Waals surface area contributed by atoms with Crippen molar-refractivity contribution >= 4 is 17.6 Å². The summed E-state index contributed by atoms with van der Waals surface area (Å²) in [5, 5.41) is 6.29. The summed E-state index contributed by atoms with van der Waals surface area (Å²) in [6.07, 6.45) is 0.414. The molecule has 0 unspecified atom stereocenters. The maximum atomic E-state index is 12.1. The van der Waals surface area contributed by atoms with Gasteiger partial charge >= 0.3 is 0 Å². The van der Waals surface area contributed by atoms with Crippen LogP contribution in [0.4, 0.5) is 5.82 Å². The van der Waals surface area contributed by atoms with E-state index in [1.807, 2.05) is 27.7 Å². The number of likely N-dealkylation sites (N-methyl/N-ethyl adjacent to an activating group) is 1. The Bertz CT molecular complexity index is 474. The number of aromatic nitrogens is 1. The standard InChI is InChI=1S/C14H23N3O3/c1-6-17(13(19)8-14(3,4)5)9-12(18)15-11-7-10(2)20-16-11/h7H,6,8-9H2,1-5H3,(H,15,16,18). The van der Waals surface area contributed by atoms with E-state index >= 15 is 0 Å². The van der Waals surface area contributed by atoms with Gasteiger partial charge in [0.05, 0.1) is 6.54 Å². The van der Waals surface area contributed by atoms with Gasteiger partial charge in [0, 0.05) is 19.0 Å². The van der Waals surface area contributed by atoms with E-state index in [0.29, 0.717) is 24.5 Å². The van der Waals surface area contributed by atoms with Crippen molar-refractivity contribution in [3.8, 4) is 0 Å². The van der Waals surface area contributed by atoms with Crippen molar-refractivity contribution < 1.29 is 14.1 Å². The zero-order valence-electron chi connectivity index (χ0n) is 12.8. The maximum absolute atomic E-state index is 12.1. The predicted molar refractivity (Wildman–Crippen MR) is 76.2 cm³/mol. The van der Waals surface area contributed by atoms with E-state index in [4.69, 9.17) is 4.52 Å². The van der Waals surface area contributed by atoms with Crippen molar-refractivity contribution in [2.75, 3.05) is 18.4 Å². The number of aryl methyl sites for hydroxylation is 1. The van der Waals surface area contributed by atoms with Gasteiger partial charge in [0.2, 0.25) is 11.8 Å². The van der Waals surface area contributed by atoms with Gasteiger partial charge in [-0.25, -0.2) is 0 Å². The summed E-state index contributed by atoms with van der Waals surface area (Å²) in [5.41, 5.74) is -0.0931. The Labute approximate surface area is 119 Å². The van der Waals surface area contributed by atoms with Gasteiger partial charge in [-0.3, -0.25) is 9.59 Å². The Morgan fingerprint density at radius 2 is 2.05 bits per heavy atom. The topological polar surface area (TPSA) is 75.4 Å². The molecule has 0 atom stereocenters. The first-order chi connectivity index (χ1) is 9.21. The molecule has 6 heteroatoms. The van der Waals surface area contributed by atoms with E-state index < -0.39 is 0 Å². The molecule has 0 saturated carbocycles. The molecule has 112 valence electrons. The molecule has 2 amide bonds. The van der Waals surface area contributed by atoms with Gasteiger partial charge in [0.15, 0.2) is 5.82 Å². The molecule has 1 rings (SSSR count). The molecule has 0 saturated heterocycles. The van der Waals surface area contributed by atoms with Gasteiger partial charge in [-0.1, -0.05) is 25.9 Å². The third kappa shape index (κ3) is 5.42. The predicted octanol–water partition coefficient (Wildman–Crippen LogP) is 2.21. The molecule has 0 aliphatic carbocycles. The SMILES string of the molecule is CCN(CC(=O)Nc1cc(C)on1)C(=O)CC(C)(C)C. The lowest BCUT2D eigenvalue weighted by Crippen LogP contribution is -2.39. The summed E-state index contributed by atoms with van der Waals surface area (Å²) in [5.74, 6) is 0.692. The van der Waals surface area contributed by atoms with Gasteiger partial charge < -0.3 is 14.7 Å². The number of nitrogens with one attached hydrogen (secondary N) is 1. The normalized spacial score (nSPS) is 11.2. The van der Waals surface area contributed by atoms with Gasteiger partial charge in [0.25, 0.3) is 0 Å². The quantitative estimate of drug-likeness (QED) is 0.897. The highest BCUT2D eigenvalue weighted by atomic mass is 16.5. The number of hydrogen-bond donors (Lipinski definition) is 1. The van der Waals surface area contributed by atoms with Gasteiger partial charge in [-0.2, -0.15) is 0 Å². The molecule has 0 spiro atoms. The van der Waals surface area contributed by atoms with Crippen LogP contribution in [0.5, 0.6) is 0 Å². The van der Waals surface area contributed by atoms with E-state index in [-0.39, 0.29) is 23.8 Å². The molecule has 6 nitrogen and oxygen atoms in total. The van der Waals surface area contributed by atoms with Crippen LogP contribution in [0.1, 0.15) is 39.9 Å². The minimum atomic E-state index is -0.276. The summed E-state index contributed by atoms with van der Waals surface area (Å²) in [4.78, 5) is 25.5. The second-order valence-corrected chi connectivity index (χ2v) is 6.02. The Morgan fingerprint density at radius 3 is 2.50 bits per heavy atom. The molecule has 1 N–H and O–H groups in total. The van der Waals surface area contributed by atoms with E-state index in [2.05, 4.69) is 10.5 Å². The summed E-state index contributed by atoms with van der Waals surface area (Å²) in [6, 6.07) is 1.63. The molecule has 1 aromatic heterocycles. The lowest BCUT2D eigenvalue weighted by Gasteiger charge is -2.25. The van der Waals surface area contributed by atoms with Crippen LogP contribution >= 0.6 is 0 Å². The van der Waals surface area contributed by atoms with Crippen molar-refractivity contribution in [3.05, 3.63) is 11.8 Å². The Balaban J connectivity index is 2.55. The largest absolute Gasteiger partial charge is 0.360 e. The molecule has 0 aromatic carbocycles. The zero-order chi connectivity index (χ0) is 15.3. The first-order valence-electron chi connectivity index (χ1n) is 6.72. The molecular weight excluding hydrogens is 258 g/mol. The highest BCUT2D eigenvalue weighted by Crippen LogP contribution is 2.19. The van der Waals surface area contributed by atoms with Gasteiger partial charge in [-0.15, -0.1) is 0 Å². The van der Waals surface area contributed by atoms with Crippen LogP contribution in [-0.2, 0) is 9.59 Å². The molecule has 0 bridgehead atoms. The maximum Gasteiger partial charge on any atom is 0.245 e. The number of carbonyl (C=O) groups excluding carboxylic acids is 2. The van der Waals surface area contributed by atoms with Crippen LogP contribution < -0.4 is 5.32 Å². The zero-order valence-corrected chi connectivity index (χ0v) is 12.8. The van der Waals surface area contributed by atoms with Crippen LogP contribution in [0, 0.1) is 12.3 Å². The lowest BCUT2D eigenvalue weighted by molar-refractivity contribution is -0.136. The number of nitrogens with zero attached hydrogens (tertiary/aromatic N) is 2. The Kier molecular flexibility index (Phi) is 5.30. The number of rotatable bonds is 5. The second kappa shape index (κ2) is 6.54. The van der Waals surface area contributed by atoms with Gasteiger partial charge in [-0.05, 0) is 19.3 Å². The smallest absolute Gasteiger partial charge is 0.245 e. The number of amides is 2. The first-order valence-corrected chi connectivity index (χ1v) is 6.72. The highest BCUT2D eigenvalue weighted by Gasteiger charge is 2.22. The molecule has 0 radical (unpaired) electrons. The minimum absolute atomic E-state index is 0.0218. The van der Waals surface area contributed by atoms with E-state index in [9.17, 15) is 9.59 Å². The van der Waals surface area contributed by atoms with Crippen LogP contribution in [0.2, 0.25) is 0 Å². The van der Waals surface area contributed by atoms with E-state index in [0.717, 1.165) is 0 Å². The summed E-state index contributed by atoms with van der Waals surface area (Å²) in [6.45, 7) is 10.1. The molecule has 1 aromatic rings. The molecule has 0 fully saturated rings. The highest BCUT2D eigenvalue weighted by molar-refractivity contribution is 5.93. The fourth-order valence-electron chi connectivity index (χ4n) is 1.72. The third-order valence-corrected chi connectivity index (χ3v) is 2.65. The number of carbonyl (C=O) groups is 2. The van der Waals surface area contributed by atoms with Crippen LogP contribution in [-0.4, -0.2) is 35.0 Å². The van der Waals surface area contributed by atoms with Crippen molar-refractivity contribution in [1.82, 2.24) is 10.1 Å². The molecular formula is C14H23N3O3. The number of anilines is 1. The summed E-state index contributed by atoms with van der Waals surface area (Å²) >= 11 is 0. The monoisotopic (exact) mass is 281 g/mol. The minimum Gasteiger partial charge on any atom is -0.360 e. The summed E-state index contributed by atoms with van der Waals surface area (Å²) in [7, 11) is 0. The fraction of sp³-hybridized carbons (Fsp3) is 0.643. The third-order valence-electron chi connectivity index (χ3n) is 2.65. The van der Waals surface area contributed by atoms with Crippen LogP contribution in [0.3, 0.4) is 0 Å². The lowest BCUT2D eigenvalue weighted by atomic mass is 9.91. The average molecular weight is 281 g/mol. The van der Waals surface area contributed by atoms with Crippen molar-refractivity contribution in [3.63, 3.8) is 0 Å².